The molecule has 0 aromatic carbocycles. The zero-order valence-corrected chi connectivity index (χ0v) is 10.9. The first-order chi connectivity index (χ1) is 9.42. The van der Waals surface area contributed by atoms with Crippen molar-refractivity contribution < 1.29 is 4.52 Å². The van der Waals surface area contributed by atoms with Gasteiger partial charge in [0, 0.05) is 17.8 Å². The van der Waals surface area contributed by atoms with E-state index in [0.717, 1.165) is 24.0 Å². The van der Waals surface area contributed by atoms with E-state index in [0.29, 0.717) is 11.7 Å². The van der Waals surface area contributed by atoms with Crippen LogP contribution in [0, 0.1) is 0 Å². The van der Waals surface area contributed by atoms with Crippen LogP contribution >= 0.6 is 11.5 Å². The summed E-state index contributed by atoms with van der Waals surface area (Å²) < 4.78 is 9.42. The number of aryl methyl sites for hydroxylation is 1. The molecule has 5 nitrogen and oxygen atoms in total. The van der Waals surface area contributed by atoms with Gasteiger partial charge in [-0.05, 0) is 41.9 Å². The maximum Gasteiger partial charge on any atom is 0.260 e. The molecule has 3 aromatic rings. The quantitative estimate of drug-likeness (QED) is 0.716. The highest BCUT2D eigenvalue weighted by Gasteiger charge is 2.20. The first-order valence-electron chi connectivity index (χ1n) is 6.11. The van der Waals surface area contributed by atoms with Crippen molar-refractivity contribution in [2.24, 2.45) is 0 Å². The molecule has 0 atom stereocenters. The summed E-state index contributed by atoms with van der Waals surface area (Å²) in [6, 6.07) is 0. The lowest BCUT2D eigenvalue weighted by molar-refractivity contribution is 0.432. The summed E-state index contributed by atoms with van der Waals surface area (Å²) in [5, 5.41) is 5.92. The Balaban J connectivity index is 1.80. The Bertz CT molecular complexity index is 720. The second-order valence-corrected chi connectivity index (χ2v) is 5.17. The molecular formula is C13H10N4OS. The predicted octanol–water partition coefficient (Wildman–Crippen LogP) is 2.74. The third kappa shape index (κ3) is 1.76. The van der Waals surface area contributed by atoms with Crippen molar-refractivity contribution in [1.82, 2.24) is 19.5 Å². The summed E-state index contributed by atoms with van der Waals surface area (Å²) in [6.45, 7) is 0. The zero-order valence-electron chi connectivity index (χ0n) is 10.0. The number of hydrogen-bond acceptors (Lipinski definition) is 6. The van der Waals surface area contributed by atoms with Gasteiger partial charge in [0.05, 0.1) is 17.3 Å². The smallest absolute Gasteiger partial charge is 0.260 e. The molecule has 0 fully saturated rings. The third-order valence-electron chi connectivity index (χ3n) is 3.37. The van der Waals surface area contributed by atoms with Crippen molar-refractivity contribution in [1.29, 1.82) is 0 Å². The molecule has 19 heavy (non-hydrogen) atoms. The molecule has 94 valence electrons. The summed E-state index contributed by atoms with van der Waals surface area (Å²) in [7, 11) is 0. The molecule has 1 aliphatic carbocycles. The van der Waals surface area contributed by atoms with Crippen LogP contribution in [-0.4, -0.2) is 19.5 Å². The van der Waals surface area contributed by atoms with Gasteiger partial charge in [0.15, 0.2) is 0 Å². The Hall–Kier alpha value is -2.08. The molecule has 0 radical (unpaired) electrons. The monoisotopic (exact) mass is 270 g/mol. The van der Waals surface area contributed by atoms with E-state index in [1.54, 1.807) is 6.20 Å². The van der Waals surface area contributed by atoms with Gasteiger partial charge in [-0.15, -0.1) is 0 Å². The minimum Gasteiger partial charge on any atom is -0.334 e. The molecule has 0 bridgehead atoms. The van der Waals surface area contributed by atoms with Crippen LogP contribution in [0.4, 0.5) is 0 Å². The van der Waals surface area contributed by atoms with E-state index < -0.39 is 0 Å². The number of rotatable bonds is 2. The lowest BCUT2D eigenvalue weighted by atomic mass is 10.1. The summed E-state index contributed by atoms with van der Waals surface area (Å²) in [5.41, 5.74) is 4.46. The Labute approximate surface area is 113 Å². The normalized spacial score (nSPS) is 13.7. The molecule has 0 N–H and O–H groups in total. The fraction of sp³-hybridized carbons (Fsp3) is 0.231. The summed E-state index contributed by atoms with van der Waals surface area (Å²) in [4.78, 5) is 8.72. The molecule has 0 aliphatic heterocycles. The fourth-order valence-electron chi connectivity index (χ4n) is 2.45. The molecule has 0 saturated heterocycles. The molecule has 4 rings (SSSR count). The topological polar surface area (TPSA) is 64.7 Å². The van der Waals surface area contributed by atoms with Crippen LogP contribution in [0.5, 0.6) is 0 Å². The highest BCUT2D eigenvalue weighted by molar-refractivity contribution is 7.03. The Kier molecular flexibility index (Phi) is 2.41. The van der Waals surface area contributed by atoms with Gasteiger partial charge in [0.2, 0.25) is 5.82 Å². The lowest BCUT2D eigenvalue weighted by Gasteiger charge is -2.02. The molecular weight excluding hydrogens is 260 g/mol. The van der Waals surface area contributed by atoms with Gasteiger partial charge < -0.3 is 4.52 Å². The van der Waals surface area contributed by atoms with Gasteiger partial charge >= 0.3 is 0 Å². The van der Waals surface area contributed by atoms with Crippen molar-refractivity contribution in [2.45, 2.75) is 19.3 Å². The fourth-order valence-corrected chi connectivity index (χ4v) is 2.96. The summed E-state index contributed by atoms with van der Waals surface area (Å²) in [5.74, 6) is 1.13. The molecule has 0 amide bonds. The molecule has 0 unspecified atom stereocenters. The molecule has 0 saturated carbocycles. The Morgan fingerprint density at radius 1 is 1.16 bits per heavy atom. The molecule has 0 spiro atoms. The lowest BCUT2D eigenvalue weighted by Crippen LogP contribution is -1.90. The van der Waals surface area contributed by atoms with Gasteiger partial charge in [-0.2, -0.15) is 4.98 Å². The van der Waals surface area contributed by atoms with Gasteiger partial charge in [-0.3, -0.25) is 4.98 Å². The van der Waals surface area contributed by atoms with E-state index in [2.05, 4.69) is 19.5 Å². The van der Waals surface area contributed by atoms with Crippen molar-refractivity contribution in [3.05, 3.63) is 35.1 Å². The van der Waals surface area contributed by atoms with E-state index in [-0.39, 0.29) is 0 Å². The number of fused-ring (bicyclic) bond motifs is 1. The van der Waals surface area contributed by atoms with Gasteiger partial charge in [0.25, 0.3) is 5.89 Å². The van der Waals surface area contributed by atoms with Crippen molar-refractivity contribution >= 4 is 11.5 Å². The second-order valence-electron chi connectivity index (χ2n) is 4.51. The standard InChI is InChI=1S/C13H10N4OS/c1-2-8-4-14-6-11(10(8)3-1)13-16-12(17-18-13)9-5-15-19-7-9/h4-7H,1-3H2. The average molecular weight is 270 g/mol. The SMILES string of the molecule is c1nscc1-c1noc(-c2cncc3c2CCC3)n1. The van der Waals surface area contributed by atoms with E-state index in [4.69, 9.17) is 4.52 Å². The Morgan fingerprint density at radius 3 is 3.05 bits per heavy atom. The van der Waals surface area contributed by atoms with Crippen LogP contribution in [0.1, 0.15) is 17.5 Å². The summed E-state index contributed by atoms with van der Waals surface area (Å²) >= 11 is 1.38. The first kappa shape index (κ1) is 10.8. The number of pyridine rings is 1. The van der Waals surface area contributed by atoms with Crippen LogP contribution in [0.2, 0.25) is 0 Å². The minimum absolute atomic E-state index is 0.549. The largest absolute Gasteiger partial charge is 0.334 e. The van der Waals surface area contributed by atoms with Crippen molar-refractivity contribution in [3.63, 3.8) is 0 Å². The highest BCUT2D eigenvalue weighted by atomic mass is 32.1. The maximum absolute atomic E-state index is 5.38. The van der Waals surface area contributed by atoms with E-state index >= 15 is 0 Å². The minimum atomic E-state index is 0.549. The van der Waals surface area contributed by atoms with Crippen molar-refractivity contribution in [2.75, 3.05) is 0 Å². The first-order valence-corrected chi connectivity index (χ1v) is 6.95. The van der Waals surface area contributed by atoms with Crippen LogP contribution in [-0.2, 0) is 12.8 Å². The van der Waals surface area contributed by atoms with Crippen LogP contribution in [0.3, 0.4) is 0 Å². The molecule has 1 aliphatic rings. The van der Waals surface area contributed by atoms with E-state index in [9.17, 15) is 0 Å². The van der Waals surface area contributed by atoms with Crippen LogP contribution in [0.15, 0.2) is 28.5 Å². The van der Waals surface area contributed by atoms with Gasteiger partial charge in [0.1, 0.15) is 0 Å². The number of nitrogens with zero attached hydrogens (tertiary/aromatic N) is 4. The summed E-state index contributed by atoms with van der Waals surface area (Å²) in [6.07, 6.45) is 8.81. The maximum atomic E-state index is 5.38. The van der Waals surface area contributed by atoms with E-state index in [1.807, 2.05) is 17.8 Å². The molecule has 3 aromatic heterocycles. The average Bonchev–Trinajstić information content (AvgIpc) is 3.18. The zero-order chi connectivity index (χ0) is 12.7. The molecule has 3 heterocycles. The van der Waals surface area contributed by atoms with Crippen LogP contribution < -0.4 is 0 Å². The number of aromatic nitrogens is 4. The van der Waals surface area contributed by atoms with Gasteiger partial charge in [-0.25, -0.2) is 4.37 Å². The van der Waals surface area contributed by atoms with Crippen molar-refractivity contribution in [3.8, 4) is 22.8 Å². The van der Waals surface area contributed by atoms with Gasteiger partial charge in [-0.1, -0.05) is 5.16 Å². The third-order valence-corrected chi connectivity index (χ3v) is 3.95. The molecule has 6 heteroatoms. The highest BCUT2D eigenvalue weighted by Crippen LogP contribution is 2.31. The number of hydrogen-bond donors (Lipinski definition) is 0. The second kappa shape index (κ2) is 4.24. The van der Waals surface area contributed by atoms with Crippen LogP contribution in [0.25, 0.3) is 22.8 Å². The Morgan fingerprint density at radius 2 is 2.16 bits per heavy atom. The predicted molar refractivity (Wildman–Crippen MR) is 70.7 cm³/mol. The van der Waals surface area contributed by atoms with E-state index in [1.165, 1.54) is 29.1 Å².